The van der Waals surface area contributed by atoms with Crippen LogP contribution in [0.1, 0.15) is 46.3 Å². The molecule has 0 aliphatic carbocycles. The van der Waals surface area contributed by atoms with Crippen LogP contribution in [0.3, 0.4) is 0 Å². The van der Waals surface area contributed by atoms with Crippen LogP contribution in [0.25, 0.3) is 6.08 Å². The van der Waals surface area contributed by atoms with E-state index in [-0.39, 0.29) is 17.3 Å². The number of phenols is 1. The van der Waals surface area contributed by atoms with E-state index in [4.69, 9.17) is 9.47 Å². The minimum Gasteiger partial charge on any atom is -0.507 e. The maximum absolute atomic E-state index is 13.1. The summed E-state index contributed by atoms with van der Waals surface area (Å²) < 4.78 is 12.3. The first-order chi connectivity index (χ1) is 14.0. The van der Waals surface area contributed by atoms with E-state index >= 15 is 0 Å². The van der Waals surface area contributed by atoms with Crippen LogP contribution >= 0.6 is 15.9 Å². The number of carbonyl (C=O) groups excluding carboxylic acids is 1. The summed E-state index contributed by atoms with van der Waals surface area (Å²) in [6.07, 6.45) is 5.25. The SMILES string of the molecule is COc1ccc(Br)cc1/C=C1\Oc2c(CN3CCCCC3)c(O)cc(C)c2C1=O. The van der Waals surface area contributed by atoms with Gasteiger partial charge in [-0.25, -0.2) is 0 Å². The summed E-state index contributed by atoms with van der Waals surface area (Å²) in [4.78, 5) is 15.4. The van der Waals surface area contributed by atoms with E-state index in [0.29, 0.717) is 29.2 Å². The summed E-state index contributed by atoms with van der Waals surface area (Å²) in [5.41, 5.74) is 2.69. The van der Waals surface area contributed by atoms with Crippen LogP contribution in [0.5, 0.6) is 17.2 Å². The maximum Gasteiger partial charge on any atom is 0.232 e. The number of Topliss-reactive ketones (excluding diaryl/α,β-unsaturated/α-hetero) is 1. The average molecular weight is 458 g/mol. The summed E-state index contributed by atoms with van der Waals surface area (Å²) in [7, 11) is 1.59. The summed E-state index contributed by atoms with van der Waals surface area (Å²) in [6, 6.07) is 7.26. The summed E-state index contributed by atoms with van der Waals surface area (Å²) in [5, 5.41) is 10.6. The van der Waals surface area contributed by atoms with Crippen molar-refractivity contribution >= 4 is 27.8 Å². The van der Waals surface area contributed by atoms with Gasteiger partial charge in [0, 0.05) is 16.6 Å². The van der Waals surface area contributed by atoms with Crippen molar-refractivity contribution in [2.75, 3.05) is 20.2 Å². The number of likely N-dealkylation sites (tertiary alicyclic amines) is 1. The number of nitrogens with zero attached hydrogens (tertiary/aromatic N) is 1. The number of ether oxygens (including phenoxy) is 2. The van der Waals surface area contributed by atoms with E-state index < -0.39 is 0 Å². The predicted octanol–water partition coefficient (Wildman–Crippen LogP) is 5.07. The number of methoxy groups -OCH3 is 1. The fraction of sp³-hybridized carbons (Fsp3) is 0.348. The van der Waals surface area contributed by atoms with Gasteiger partial charge in [-0.1, -0.05) is 22.4 Å². The van der Waals surface area contributed by atoms with Gasteiger partial charge in [-0.2, -0.15) is 0 Å². The second kappa shape index (κ2) is 8.20. The number of hydrogen-bond donors (Lipinski definition) is 1. The van der Waals surface area contributed by atoms with Crippen molar-refractivity contribution in [1.82, 2.24) is 4.90 Å². The number of phenolic OH excluding ortho intramolecular Hbond substituents is 1. The molecule has 6 heteroatoms. The molecule has 0 atom stereocenters. The lowest BCUT2D eigenvalue weighted by Gasteiger charge is -2.27. The highest BCUT2D eigenvalue weighted by Crippen LogP contribution is 2.43. The van der Waals surface area contributed by atoms with Gasteiger partial charge in [0.1, 0.15) is 17.2 Å². The molecule has 0 radical (unpaired) electrons. The molecule has 0 spiro atoms. The third kappa shape index (κ3) is 3.91. The van der Waals surface area contributed by atoms with E-state index in [1.807, 2.05) is 25.1 Å². The predicted molar refractivity (Wildman–Crippen MR) is 116 cm³/mol. The van der Waals surface area contributed by atoms with Gasteiger partial charge < -0.3 is 14.6 Å². The molecule has 2 aromatic rings. The molecule has 5 nitrogen and oxygen atoms in total. The number of ketones is 1. The van der Waals surface area contributed by atoms with E-state index in [0.717, 1.165) is 41.5 Å². The third-order valence-electron chi connectivity index (χ3n) is 5.53. The highest BCUT2D eigenvalue weighted by Gasteiger charge is 2.34. The van der Waals surface area contributed by atoms with E-state index in [9.17, 15) is 9.90 Å². The molecular formula is C23H24BrNO4. The van der Waals surface area contributed by atoms with Crippen molar-refractivity contribution in [3.05, 3.63) is 56.8 Å². The first kappa shape index (κ1) is 20.0. The Morgan fingerprint density at radius 2 is 2.00 bits per heavy atom. The number of hydrogen-bond acceptors (Lipinski definition) is 5. The van der Waals surface area contributed by atoms with Gasteiger partial charge in [-0.3, -0.25) is 9.69 Å². The van der Waals surface area contributed by atoms with Gasteiger partial charge in [0.15, 0.2) is 5.76 Å². The number of allylic oxidation sites excluding steroid dienone is 1. The maximum atomic E-state index is 13.1. The Kier molecular flexibility index (Phi) is 5.65. The van der Waals surface area contributed by atoms with Gasteiger partial charge in [-0.05, 0) is 68.8 Å². The summed E-state index contributed by atoms with van der Waals surface area (Å²) >= 11 is 3.46. The van der Waals surface area contributed by atoms with Crippen LogP contribution in [-0.4, -0.2) is 36.0 Å². The zero-order chi connectivity index (χ0) is 20.5. The zero-order valence-corrected chi connectivity index (χ0v) is 18.2. The molecule has 152 valence electrons. The molecule has 29 heavy (non-hydrogen) atoms. The van der Waals surface area contributed by atoms with Crippen molar-refractivity contribution < 1.29 is 19.4 Å². The Labute approximate surface area is 179 Å². The number of carbonyl (C=O) groups is 1. The van der Waals surface area contributed by atoms with Crippen molar-refractivity contribution in [1.29, 1.82) is 0 Å². The van der Waals surface area contributed by atoms with Crippen molar-refractivity contribution in [3.63, 3.8) is 0 Å². The van der Waals surface area contributed by atoms with Gasteiger partial charge in [0.25, 0.3) is 0 Å². The van der Waals surface area contributed by atoms with Crippen LogP contribution in [0, 0.1) is 6.92 Å². The van der Waals surface area contributed by atoms with Crippen LogP contribution in [-0.2, 0) is 6.54 Å². The van der Waals surface area contributed by atoms with E-state index in [2.05, 4.69) is 20.8 Å². The second-order valence-corrected chi connectivity index (χ2v) is 8.47. The number of aryl methyl sites for hydroxylation is 1. The number of benzene rings is 2. The molecule has 0 aromatic heterocycles. The standard InChI is InChI=1S/C23H24BrNO4/c1-14-10-18(26)17(13-25-8-4-3-5-9-25)23-21(14)22(27)20(29-23)12-15-11-16(24)6-7-19(15)28-2/h6-7,10-12,26H,3-5,8-9,13H2,1-2H3/b20-12-. The first-order valence-corrected chi connectivity index (χ1v) is 10.6. The Bertz CT molecular complexity index is 993. The molecule has 0 unspecified atom stereocenters. The molecule has 1 saturated heterocycles. The van der Waals surface area contributed by atoms with E-state index in [1.165, 1.54) is 6.42 Å². The number of rotatable bonds is 4. The van der Waals surface area contributed by atoms with Crippen LogP contribution < -0.4 is 9.47 Å². The highest BCUT2D eigenvalue weighted by molar-refractivity contribution is 9.10. The Morgan fingerprint density at radius 1 is 1.24 bits per heavy atom. The van der Waals surface area contributed by atoms with Gasteiger partial charge in [0.05, 0.1) is 18.2 Å². The largest absolute Gasteiger partial charge is 0.507 e. The molecule has 1 N–H and O–H groups in total. The molecule has 2 aromatic carbocycles. The lowest BCUT2D eigenvalue weighted by molar-refractivity contribution is 0.101. The highest BCUT2D eigenvalue weighted by atomic mass is 79.9. The van der Waals surface area contributed by atoms with E-state index in [1.54, 1.807) is 19.3 Å². The normalized spacial score (nSPS) is 18.0. The van der Waals surface area contributed by atoms with Crippen LogP contribution in [0.15, 0.2) is 34.5 Å². The van der Waals surface area contributed by atoms with Crippen molar-refractivity contribution in [3.8, 4) is 17.2 Å². The molecule has 2 aliphatic rings. The molecule has 1 fully saturated rings. The van der Waals surface area contributed by atoms with Crippen molar-refractivity contribution in [2.24, 2.45) is 0 Å². The molecule has 0 saturated carbocycles. The van der Waals surface area contributed by atoms with Gasteiger partial charge in [0.2, 0.25) is 5.78 Å². The van der Waals surface area contributed by atoms with Crippen LogP contribution in [0.2, 0.25) is 0 Å². The number of piperidine rings is 1. The van der Waals surface area contributed by atoms with Gasteiger partial charge >= 0.3 is 0 Å². The monoisotopic (exact) mass is 457 g/mol. The number of aromatic hydroxyl groups is 1. The average Bonchev–Trinajstić information content (AvgIpc) is 3.03. The lowest BCUT2D eigenvalue weighted by atomic mass is 9.98. The molecule has 2 heterocycles. The fourth-order valence-corrected chi connectivity index (χ4v) is 4.41. The Morgan fingerprint density at radius 3 is 2.72 bits per heavy atom. The Hall–Kier alpha value is -2.31. The number of fused-ring (bicyclic) bond motifs is 1. The molecular weight excluding hydrogens is 434 g/mol. The molecule has 2 aliphatic heterocycles. The Balaban J connectivity index is 1.73. The molecule has 0 bridgehead atoms. The minimum atomic E-state index is -0.167. The minimum absolute atomic E-state index is 0.167. The summed E-state index contributed by atoms with van der Waals surface area (Å²) in [5.74, 6) is 1.39. The van der Waals surface area contributed by atoms with Crippen molar-refractivity contribution in [2.45, 2.75) is 32.7 Å². The number of halogens is 1. The van der Waals surface area contributed by atoms with Gasteiger partial charge in [-0.15, -0.1) is 0 Å². The quantitative estimate of drug-likeness (QED) is 0.649. The molecule has 4 rings (SSSR count). The van der Waals surface area contributed by atoms with Crippen LogP contribution in [0.4, 0.5) is 0 Å². The topological polar surface area (TPSA) is 59.0 Å². The molecule has 0 amide bonds. The first-order valence-electron chi connectivity index (χ1n) is 9.83. The zero-order valence-electron chi connectivity index (χ0n) is 16.6. The lowest BCUT2D eigenvalue weighted by Crippen LogP contribution is -2.29. The summed E-state index contributed by atoms with van der Waals surface area (Å²) in [6.45, 7) is 4.39. The second-order valence-electron chi connectivity index (χ2n) is 7.56. The fourth-order valence-electron chi connectivity index (χ4n) is 4.03. The third-order valence-corrected chi connectivity index (χ3v) is 6.02. The smallest absolute Gasteiger partial charge is 0.232 e.